The minimum absolute atomic E-state index is 0.262. The van der Waals surface area contributed by atoms with Crippen molar-refractivity contribution in [2.24, 2.45) is 5.92 Å². The van der Waals surface area contributed by atoms with E-state index in [1.165, 1.54) is 29.8 Å². The van der Waals surface area contributed by atoms with Crippen LogP contribution in [0.25, 0.3) is 0 Å². The lowest BCUT2D eigenvalue weighted by molar-refractivity contribution is 0.104. The SMILES string of the molecule is CCCN1CCN(c2ccc(CCCN(C)C(=O)OCc3ccccc3)c([C@@H](C)C(C)C)c2)CC1. The summed E-state index contributed by atoms with van der Waals surface area (Å²) in [5.41, 5.74) is 5.23. The molecular weight excluding hydrogens is 434 g/mol. The standard InChI is InChI=1S/C30H45N3O2/c1-6-16-32-18-20-33(21-19-32)28-15-14-27(29(22-28)25(4)24(2)3)13-10-17-31(5)30(34)35-23-26-11-8-7-9-12-26/h7-9,11-12,14-15,22,24-25H,6,10,13,16-21,23H2,1-5H3/t25-/m0/s1. The van der Waals surface area contributed by atoms with Gasteiger partial charge in [0.15, 0.2) is 0 Å². The maximum Gasteiger partial charge on any atom is 0.409 e. The minimum atomic E-state index is -0.262. The first-order chi connectivity index (χ1) is 16.9. The number of hydrogen-bond donors (Lipinski definition) is 0. The quantitative estimate of drug-likeness (QED) is 0.386. The molecule has 2 aromatic carbocycles. The summed E-state index contributed by atoms with van der Waals surface area (Å²) < 4.78 is 5.47. The van der Waals surface area contributed by atoms with Gasteiger partial charge in [-0.05, 0) is 66.5 Å². The van der Waals surface area contributed by atoms with Gasteiger partial charge in [0, 0.05) is 45.5 Å². The van der Waals surface area contributed by atoms with Crippen molar-refractivity contribution in [3.8, 4) is 0 Å². The summed E-state index contributed by atoms with van der Waals surface area (Å²) in [6, 6.07) is 16.9. The summed E-state index contributed by atoms with van der Waals surface area (Å²) in [5.74, 6) is 1.08. The summed E-state index contributed by atoms with van der Waals surface area (Å²) in [4.78, 5) is 19.2. The molecule has 0 saturated carbocycles. The molecule has 0 spiro atoms. The average Bonchev–Trinajstić information content (AvgIpc) is 2.88. The Morgan fingerprint density at radius 3 is 2.40 bits per heavy atom. The van der Waals surface area contributed by atoms with Crippen molar-refractivity contribution in [1.82, 2.24) is 9.80 Å². The Hall–Kier alpha value is -2.53. The molecule has 0 aliphatic carbocycles. The molecule has 5 heteroatoms. The third-order valence-electron chi connectivity index (χ3n) is 7.35. The topological polar surface area (TPSA) is 36.0 Å². The number of aryl methyl sites for hydroxylation is 1. The Morgan fingerprint density at radius 1 is 1.03 bits per heavy atom. The highest BCUT2D eigenvalue weighted by Crippen LogP contribution is 2.31. The van der Waals surface area contributed by atoms with Crippen LogP contribution in [0.3, 0.4) is 0 Å². The van der Waals surface area contributed by atoms with Crippen molar-refractivity contribution in [2.45, 2.75) is 59.5 Å². The molecule has 1 aliphatic heterocycles. The molecule has 1 atom stereocenters. The number of ether oxygens (including phenoxy) is 1. The Balaban J connectivity index is 1.57. The zero-order valence-electron chi connectivity index (χ0n) is 22.5. The van der Waals surface area contributed by atoms with Crippen LogP contribution < -0.4 is 4.90 Å². The predicted molar refractivity (Wildman–Crippen MR) is 146 cm³/mol. The van der Waals surface area contributed by atoms with E-state index in [0.29, 0.717) is 25.0 Å². The van der Waals surface area contributed by atoms with Gasteiger partial charge in [0.25, 0.3) is 0 Å². The highest BCUT2D eigenvalue weighted by molar-refractivity contribution is 5.67. The Morgan fingerprint density at radius 2 is 1.74 bits per heavy atom. The van der Waals surface area contributed by atoms with E-state index >= 15 is 0 Å². The van der Waals surface area contributed by atoms with E-state index in [1.807, 2.05) is 37.4 Å². The molecule has 0 unspecified atom stereocenters. The van der Waals surface area contributed by atoms with Crippen LogP contribution in [0.4, 0.5) is 10.5 Å². The Bertz CT molecular complexity index is 907. The summed E-state index contributed by atoms with van der Waals surface area (Å²) >= 11 is 0. The third kappa shape index (κ3) is 7.99. The molecule has 192 valence electrons. The first kappa shape index (κ1) is 27.1. The van der Waals surface area contributed by atoms with Crippen LogP contribution in [0.1, 0.15) is 63.1 Å². The van der Waals surface area contributed by atoms with Gasteiger partial charge >= 0.3 is 6.09 Å². The molecule has 0 bridgehead atoms. The number of nitrogens with zero attached hydrogens (tertiary/aromatic N) is 3. The van der Waals surface area contributed by atoms with Crippen LogP contribution in [0.5, 0.6) is 0 Å². The monoisotopic (exact) mass is 479 g/mol. The van der Waals surface area contributed by atoms with Crippen molar-refractivity contribution in [3.05, 3.63) is 65.2 Å². The number of carbonyl (C=O) groups excluding carboxylic acids is 1. The molecule has 1 heterocycles. The molecule has 1 aliphatic rings. The van der Waals surface area contributed by atoms with Crippen LogP contribution >= 0.6 is 0 Å². The highest BCUT2D eigenvalue weighted by Gasteiger charge is 2.20. The molecule has 1 fully saturated rings. The Labute approximate surface area is 213 Å². The van der Waals surface area contributed by atoms with Gasteiger partial charge in [0.1, 0.15) is 6.61 Å². The van der Waals surface area contributed by atoms with E-state index in [-0.39, 0.29) is 6.09 Å². The minimum Gasteiger partial charge on any atom is -0.445 e. The lowest BCUT2D eigenvalue weighted by atomic mass is 9.85. The summed E-state index contributed by atoms with van der Waals surface area (Å²) in [6.07, 6.45) is 2.85. The van der Waals surface area contributed by atoms with Gasteiger partial charge in [-0.25, -0.2) is 4.79 Å². The molecule has 0 aromatic heterocycles. The van der Waals surface area contributed by atoms with Gasteiger partial charge in [-0.1, -0.05) is 64.1 Å². The predicted octanol–water partition coefficient (Wildman–Crippen LogP) is 6.18. The number of carbonyl (C=O) groups is 1. The molecule has 35 heavy (non-hydrogen) atoms. The first-order valence-electron chi connectivity index (χ1n) is 13.4. The van der Waals surface area contributed by atoms with E-state index in [1.54, 1.807) is 4.90 Å². The fraction of sp³-hybridized carbons (Fsp3) is 0.567. The summed E-state index contributed by atoms with van der Waals surface area (Å²) in [5, 5.41) is 0. The van der Waals surface area contributed by atoms with Crippen LogP contribution in [-0.2, 0) is 17.8 Å². The number of hydrogen-bond acceptors (Lipinski definition) is 4. The highest BCUT2D eigenvalue weighted by atomic mass is 16.6. The maximum atomic E-state index is 12.4. The lowest BCUT2D eigenvalue weighted by Gasteiger charge is -2.36. The van der Waals surface area contributed by atoms with Gasteiger partial charge in [-0.3, -0.25) is 4.90 Å². The molecule has 5 nitrogen and oxygen atoms in total. The smallest absolute Gasteiger partial charge is 0.409 e. The van der Waals surface area contributed by atoms with Gasteiger partial charge < -0.3 is 14.5 Å². The normalized spacial score (nSPS) is 15.3. The second-order valence-electron chi connectivity index (χ2n) is 10.3. The van der Waals surface area contributed by atoms with Crippen LogP contribution in [0.2, 0.25) is 0 Å². The van der Waals surface area contributed by atoms with E-state index in [4.69, 9.17) is 4.74 Å². The first-order valence-corrected chi connectivity index (χ1v) is 13.4. The zero-order valence-corrected chi connectivity index (χ0v) is 22.5. The molecule has 0 N–H and O–H groups in total. The van der Waals surface area contributed by atoms with Gasteiger partial charge in [-0.2, -0.15) is 0 Å². The second kappa shape index (κ2) is 13.5. The molecule has 1 saturated heterocycles. The number of piperazine rings is 1. The number of amides is 1. The number of anilines is 1. The van der Waals surface area contributed by atoms with E-state index in [0.717, 1.165) is 44.6 Å². The maximum absolute atomic E-state index is 12.4. The van der Waals surface area contributed by atoms with Crippen LogP contribution in [-0.4, -0.2) is 62.2 Å². The third-order valence-corrected chi connectivity index (χ3v) is 7.35. The van der Waals surface area contributed by atoms with Gasteiger partial charge in [0.05, 0.1) is 0 Å². The largest absolute Gasteiger partial charge is 0.445 e. The molecular formula is C30H45N3O2. The summed E-state index contributed by atoms with van der Waals surface area (Å²) in [6.45, 7) is 15.9. The van der Waals surface area contributed by atoms with Crippen molar-refractivity contribution >= 4 is 11.8 Å². The van der Waals surface area contributed by atoms with Gasteiger partial charge in [-0.15, -0.1) is 0 Å². The molecule has 3 rings (SSSR count). The zero-order chi connectivity index (χ0) is 25.2. The Kier molecular flexibility index (Phi) is 10.5. The van der Waals surface area contributed by atoms with Crippen molar-refractivity contribution in [1.29, 1.82) is 0 Å². The van der Waals surface area contributed by atoms with Crippen LogP contribution in [0, 0.1) is 5.92 Å². The lowest BCUT2D eigenvalue weighted by Crippen LogP contribution is -2.46. The van der Waals surface area contributed by atoms with Crippen molar-refractivity contribution in [3.63, 3.8) is 0 Å². The molecule has 1 amide bonds. The fourth-order valence-electron chi connectivity index (χ4n) is 4.76. The summed E-state index contributed by atoms with van der Waals surface area (Å²) in [7, 11) is 1.83. The molecule has 0 radical (unpaired) electrons. The van der Waals surface area contributed by atoms with Gasteiger partial charge in [0.2, 0.25) is 0 Å². The number of benzene rings is 2. The average molecular weight is 480 g/mol. The van der Waals surface area contributed by atoms with E-state index in [2.05, 4.69) is 55.7 Å². The van der Waals surface area contributed by atoms with E-state index in [9.17, 15) is 4.79 Å². The van der Waals surface area contributed by atoms with Crippen molar-refractivity contribution < 1.29 is 9.53 Å². The van der Waals surface area contributed by atoms with E-state index < -0.39 is 0 Å². The van der Waals surface area contributed by atoms with Crippen molar-refractivity contribution in [2.75, 3.05) is 51.2 Å². The van der Waals surface area contributed by atoms with Crippen LogP contribution in [0.15, 0.2) is 48.5 Å². The number of rotatable bonds is 11. The second-order valence-corrected chi connectivity index (χ2v) is 10.3. The fourth-order valence-corrected chi connectivity index (χ4v) is 4.76. The molecule has 2 aromatic rings.